The largest absolute Gasteiger partial charge is 0.493 e. The first-order valence-electron chi connectivity index (χ1n) is 13.9. The molecule has 0 saturated carbocycles. The van der Waals surface area contributed by atoms with Gasteiger partial charge in [-0.05, 0) is 62.1 Å². The third kappa shape index (κ3) is 10.3. The molecule has 1 unspecified atom stereocenters. The van der Waals surface area contributed by atoms with Crippen molar-refractivity contribution >= 4 is 29.1 Å². The molecule has 13 heteroatoms. The Kier molecular flexibility index (Phi) is 14.5. The number of aliphatic hydroxyl groups excluding tert-OH is 2. The molecule has 0 bridgehead atoms. The number of aryl methyl sites for hydroxylation is 1. The Labute approximate surface area is 258 Å². The number of rotatable bonds is 12. The van der Waals surface area contributed by atoms with Gasteiger partial charge in [0.1, 0.15) is 6.61 Å². The maximum Gasteiger partial charge on any atom is 0.254 e. The van der Waals surface area contributed by atoms with Gasteiger partial charge in [0, 0.05) is 42.4 Å². The van der Waals surface area contributed by atoms with Crippen LogP contribution >= 0.6 is 11.6 Å². The molecule has 1 saturated heterocycles. The number of amidine groups is 1. The van der Waals surface area contributed by atoms with Crippen LogP contribution in [0.1, 0.15) is 46.7 Å². The third-order valence-electron chi connectivity index (χ3n) is 7.27. The van der Waals surface area contributed by atoms with Gasteiger partial charge in [0.25, 0.3) is 5.91 Å². The fraction of sp³-hybridized carbons (Fsp3) is 0.500. The highest BCUT2D eigenvalue weighted by molar-refractivity contribution is 6.31. The van der Waals surface area contributed by atoms with Gasteiger partial charge >= 0.3 is 0 Å². The average Bonchev–Trinajstić information content (AvgIpc) is 3.02. The van der Waals surface area contributed by atoms with Gasteiger partial charge in [0.15, 0.2) is 17.3 Å². The molecule has 43 heavy (non-hydrogen) atoms. The number of nitrogens with one attached hydrogen (secondary N) is 1. The van der Waals surface area contributed by atoms with Crippen LogP contribution < -0.4 is 19.9 Å². The molecule has 0 radical (unpaired) electrons. The van der Waals surface area contributed by atoms with Gasteiger partial charge in [-0.25, -0.2) is 0 Å². The van der Waals surface area contributed by atoms with E-state index in [1.54, 1.807) is 19.2 Å². The van der Waals surface area contributed by atoms with Crippen molar-refractivity contribution in [2.75, 3.05) is 61.2 Å². The van der Waals surface area contributed by atoms with Crippen molar-refractivity contribution in [2.24, 2.45) is 10.9 Å². The van der Waals surface area contributed by atoms with Crippen molar-refractivity contribution in [2.45, 2.75) is 38.2 Å². The predicted molar refractivity (Wildman–Crippen MR) is 167 cm³/mol. The minimum Gasteiger partial charge on any atom is -0.493 e. The lowest BCUT2D eigenvalue weighted by molar-refractivity contribution is 0.0810. The summed E-state index contributed by atoms with van der Waals surface area (Å²) in [5.74, 6) is 0.586. The van der Waals surface area contributed by atoms with E-state index < -0.39 is 6.61 Å². The number of ether oxygens (including phenoxy) is 3. The summed E-state index contributed by atoms with van der Waals surface area (Å²) in [6.45, 7) is 4.21. The Bertz CT molecular complexity index is 1230. The number of carbonyl (C=O) groups excluding carboxylic acids is 1. The molecule has 1 heterocycles. The first-order chi connectivity index (χ1) is 20.5. The predicted octanol–water partition coefficient (Wildman–Crippen LogP) is 3.12. The number of likely N-dealkylation sites (tertiary alicyclic amines) is 1. The summed E-state index contributed by atoms with van der Waals surface area (Å²) in [5, 5.41) is 37.5. The Hall–Kier alpha value is -3.58. The fourth-order valence-corrected chi connectivity index (χ4v) is 4.91. The minimum absolute atomic E-state index is 0.157. The number of nitrogens with zero attached hydrogens (tertiary/aromatic N) is 3. The smallest absolute Gasteiger partial charge is 0.254 e. The number of nitrogens with two attached hydrogens (primary N) is 1. The van der Waals surface area contributed by atoms with Crippen LogP contribution in [-0.2, 0) is 0 Å². The molecule has 2 aromatic rings. The molecule has 3 rings (SSSR count). The maximum absolute atomic E-state index is 13.3. The monoisotopic (exact) mass is 621 g/mol. The lowest BCUT2D eigenvalue weighted by Gasteiger charge is -2.31. The quantitative estimate of drug-likeness (QED) is 0.103. The van der Waals surface area contributed by atoms with Crippen molar-refractivity contribution in [3.05, 3.63) is 52.0 Å². The summed E-state index contributed by atoms with van der Waals surface area (Å²) in [7, 11) is 6.21. The summed E-state index contributed by atoms with van der Waals surface area (Å²) >= 11 is 6.44. The second kappa shape index (κ2) is 17.5. The zero-order valence-corrected chi connectivity index (χ0v) is 26.2. The molecule has 1 fully saturated rings. The number of hydrogen-bond donors (Lipinski definition) is 5. The van der Waals surface area contributed by atoms with Crippen LogP contribution in [0.2, 0.25) is 5.02 Å². The van der Waals surface area contributed by atoms with Crippen LogP contribution in [0.5, 0.6) is 17.2 Å². The maximum atomic E-state index is 13.3. The van der Waals surface area contributed by atoms with Crippen LogP contribution in [0.3, 0.4) is 0 Å². The standard InChI is InChI=1S/C28H38ClN3O5.C2H6N2O2/c1-18-6-7-19(14-23(18)29)22(10-13-32-11-8-21(33)9-12-32)24(30)17-31(2)28(34)20-15-25(35-3)27(37-5)26(16-20)36-4;3-2(1-5)4-6/h6-7,14-16,21-22,30,33H,8-13,17H2,1-5H3;5-6H,1H2,(H2,3,4). The van der Waals surface area contributed by atoms with Gasteiger partial charge in [-0.2, -0.15) is 0 Å². The van der Waals surface area contributed by atoms with E-state index in [1.807, 2.05) is 25.1 Å². The third-order valence-corrected chi connectivity index (χ3v) is 7.67. The van der Waals surface area contributed by atoms with Gasteiger partial charge in [-0.15, -0.1) is 0 Å². The Morgan fingerprint density at radius 3 is 2.23 bits per heavy atom. The van der Waals surface area contributed by atoms with Crippen molar-refractivity contribution in [1.29, 1.82) is 5.41 Å². The summed E-state index contributed by atoms with van der Waals surface area (Å²) < 4.78 is 16.1. The van der Waals surface area contributed by atoms with E-state index in [0.29, 0.717) is 33.5 Å². The van der Waals surface area contributed by atoms with Crippen molar-refractivity contribution in [1.82, 2.24) is 9.80 Å². The highest BCUT2D eigenvalue weighted by atomic mass is 35.5. The molecule has 1 aliphatic rings. The lowest BCUT2D eigenvalue weighted by atomic mass is 9.89. The van der Waals surface area contributed by atoms with E-state index in [9.17, 15) is 9.90 Å². The molecular weight excluding hydrogens is 578 g/mol. The summed E-state index contributed by atoms with van der Waals surface area (Å²) in [4.78, 5) is 17.2. The van der Waals surface area contributed by atoms with Crippen LogP contribution in [0.4, 0.5) is 0 Å². The van der Waals surface area contributed by atoms with Gasteiger partial charge in [-0.3, -0.25) is 4.79 Å². The van der Waals surface area contributed by atoms with E-state index in [1.165, 1.54) is 26.2 Å². The number of benzene rings is 2. The number of halogens is 1. The van der Waals surface area contributed by atoms with Crippen molar-refractivity contribution in [3.63, 3.8) is 0 Å². The van der Waals surface area contributed by atoms with Gasteiger partial charge in [0.05, 0.1) is 34.0 Å². The SMILES string of the molecule is COc1cc(C(=O)N(C)CC(=N)C(CCN2CCC(O)CC2)c2ccc(C)c(Cl)c2)cc(OC)c1OC.N/C(CO)=N\O. The summed E-state index contributed by atoms with van der Waals surface area (Å²) in [6, 6.07) is 9.15. The molecule has 12 nitrogen and oxygen atoms in total. The zero-order chi connectivity index (χ0) is 32.1. The molecule has 1 amide bonds. The van der Waals surface area contributed by atoms with Crippen LogP contribution in [0, 0.1) is 12.3 Å². The number of amides is 1. The van der Waals surface area contributed by atoms with Crippen LogP contribution in [-0.4, -0.2) is 110 Å². The van der Waals surface area contributed by atoms with E-state index in [0.717, 1.165) is 50.0 Å². The number of carbonyl (C=O) groups is 1. The number of oxime groups is 1. The normalized spacial score (nSPS) is 14.7. The van der Waals surface area contributed by atoms with E-state index in [-0.39, 0.29) is 30.3 Å². The van der Waals surface area contributed by atoms with E-state index in [2.05, 4.69) is 10.1 Å². The van der Waals surface area contributed by atoms with Crippen molar-refractivity contribution in [3.8, 4) is 17.2 Å². The molecule has 0 aliphatic carbocycles. The van der Waals surface area contributed by atoms with Gasteiger partial charge in [-0.1, -0.05) is 28.9 Å². The topological polar surface area (TPSA) is 174 Å². The van der Waals surface area contributed by atoms with Crippen molar-refractivity contribution < 1.29 is 34.4 Å². The summed E-state index contributed by atoms with van der Waals surface area (Å²) in [6.07, 6.45) is 2.03. The molecule has 1 atom stereocenters. The molecule has 238 valence electrons. The Balaban J connectivity index is 0.000000973. The highest BCUT2D eigenvalue weighted by Crippen LogP contribution is 2.38. The van der Waals surface area contributed by atoms with E-state index in [4.69, 9.17) is 47.3 Å². The lowest BCUT2D eigenvalue weighted by Crippen LogP contribution is -2.38. The molecular formula is C30H44ClN5O7. The number of hydrogen-bond acceptors (Lipinski definition) is 10. The average molecular weight is 622 g/mol. The Morgan fingerprint density at radius 2 is 1.77 bits per heavy atom. The van der Waals surface area contributed by atoms with E-state index >= 15 is 0 Å². The molecule has 0 spiro atoms. The number of aliphatic hydroxyl groups is 2. The molecule has 2 aromatic carbocycles. The first-order valence-corrected chi connectivity index (χ1v) is 14.2. The Morgan fingerprint density at radius 1 is 1.16 bits per heavy atom. The minimum atomic E-state index is -0.392. The zero-order valence-electron chi connectivity index (χ0n) is 25.5. The molecule has 0 aromatic heterocycles. The van der Waals surface area contributed by atoms with Gasteiger partial charge in [0.2, 0.25) is 5.75 Å². The summed E-state index contributed by atoms with van der Waals surface area (Å²) in [5.41, 5.74) is 7.48. The second-order valence-corrected chi connectivity index (χ2v) is 10.7. The second-order valence-electron chi connectivity index (χ2n) is 10.3. The highest BCUT2D eigenvalue weighted by Gasteiger charge is 2.25. The van der Waals surface area contributed by atoms with Crippen LogP contribution in [0.15, 0.2) is 35.5 Å². The molecule has 1 aliphatic heterocycles. The molecule has 6 N–H and O–H groups in total. The first kappa shape index (κ1) is 35.6. The number of methoxy groups -OCH3 is 3. The van der Waals surface area contributed by atoms with Crippen LogP contribution in [0.25, 0.3) is 0 Å². The fourth-order valence-electron chi connectivity index (χ4n) is 4.72. The number of piperidine rings is 1. The van der Waals surface area contributed by atoms with Gasteiger partial charge < -0.3 is 50.6 Å².